The van der Waals surface area contributed by atoms with Gasteiger partial charge < -0.3 is 14.2 Å². The second-order valence-corrected chi connectivity index (χ2v) is 3.62. The van der Waals surface area contributed by atoms with E-state index in [-0.39, 0.29) is 5.75 Å². The van der Waals surface area contributed by atoms with Gasteiger partial charge in [-0.05, 0) is 30.7 Å². The summed E-state index contributed by atoms with van der Waals surface area (Å²) in [4.78, 5) is 22.4. The molecule has 0 heterocycles. The Kier molecular flexibility index (Phi) is 6.03. The largest absolute Gasteiger partial charge is 0.493 e. The molecule has 0 spiro atoms. The van der Waals surface area contributed by atoms with Crippen LogP contribution in [-0.2, 0) is 14.3 Å². The molecular weight excluding hydrogens is 260 g/mol. The Morgan fingerprint density at radius 2 is 2.00 bits per heavy atom. The van der Waals surface area contributed by atoms with E-state index in [1.165, 1.54) is 13.2 Å². The average molecular weight is 276 g/mol. The zero-order valence-electron chi connectivity index (χ0n) is 11.4. The van der Waals surface area contributed by atoms with Crippen LogP contribution in [0.3, 0.4) is 0 Å². The van der Waals surface area contributed by atoms with Crippen LogP contribution in [0.15, 0.2) is 36.9 Å². The highest BCUT2D eigenvalue weighted by molar-refractivity contribution is 5.87. The number of methoxy groups -OCH3 is 1. The number of hydrogen-bond acceptors (Lipinski definition) is 5. The van der Waals surface area contributed by atoms with Crippen LogP contribution >= 0.6 is 0 Å². The van der Waals surface area contributed by atoms with Gasteiger partial charge in [0.15, 0.2) is 11.5 Å². The summed E-state index contributed by atoms with van der Waals surface area (Å²) >= 11 is 0. The highest BCUT2D eigenvalue weighted by Gasteiger charge is 2.08. The topological polar surface area (TPSA) is 61.8 Å². The average Bonchev–Trinajstić information content (AvgIpc) is 2.46. The van der Waals surface area contributed by atoms with E-state index in [4.69, 9.17) is 14.2 Å². The Bertz CT molecular complexity index is 531. The molecule has 0 saturated carbocycles. The molecule has 0 atom stereocenters. The number of carbonyl (C=O) groups is 2. The van der Waals surface area contributed by atoms with Gasteiger partial charge in [0.1, 0.15) is 0 Å². The third-order valence-electron chi connectivity index (χ3n) is 2.26. The summed E-state index contributed by atoms with van der Waals surface area (Å²) in [5.41, 5.74) is 0.716. The zero-order chi connectivity index (χ0) is 15.0. The molecule has 0 unspecified atom stereocenters. The second kappa shape index (κ2) is 7.78. The molecule has 0 amide bonds. The van der Waals surface area contributed by atoms with E-state index >= 15 is 0 Å². The standard InChI is InChI=1S/C15H16O5/c1-4-14(16)20-12-8-6-11(10-13(12)18-3)7-9-15(17)19-5-2/h4,6-10H,1,5H2,2-3H3/b9-7+. The summed E-state index contributed by atoms with van der Waals surface area (Å²) in [6.45, 7) is 5.37. The minimum Gasteiger partial charge on any atom is -0.493 e. The van der Waals surface area contributed by atoms with Gasteiger partial charge in [0.2, 0.25) is 0 Å². The van der Waals surface area contributed by atoms with Crippen LogP contribution in [0.25, 0.3) is 6.08 Å². The van der Waals surface area contributed by atoms with Crippen LogP contribution in [0.5, 0.6) is 11.5 Å². The molecule has 0 aliphatic heterocycles. The Balaban J connectivity index is 2.89. The second-order valence-electron chi connectivity index (χ2n) is 3.62. The molecule has 0 aromatic heterocycles. The third kappa shape index (κ3) is 4.61. The first kappa shape index (κ1) is 15.5. The molecule has 0 saturated heterocycles. The van der Waals surface area contributed by atoms with E-state index in [1.807, 2.05) is 0 Å². The first-order valence-corrected chi connectivity index (χ1v) is 5.97. The number of rotatable bonds is 6. The maximum absolute atomic E-state index is 11.2. The first-order chi connectivity index (χ1) is 9.60. The van der Waals surface area contributed by atoms with E-state index < -0.39 is 11.9 Å². The van der Waals surface area contributed by atoms with Gasteiger partial charge in [-0.3, -0.25) is 0 Å². The van der Waals surface area contributed by atoms with Crippen LogP contribution in [0.1, 0.15) is 12.5 Å². The van der Waals surface area contributed by atoms with Crippen molar-refractivity contribution in [3.05, 3.63) is 42.5 Å². The lowest BCUT2D eigenvalue weighted by Gasteiger charge is -2.08. The monoisotopic (exact) mass is 276 g/mol. The lowest BCUT2D eigenvalue weighted by atomic mass is 10.2. The van der Waals surface area contributed by atoms with Gasteiger partial charge in [0.05, 0.1) is 13.7 Å². The predicted octanol–water partition coefficient (Wildman–Crippen LogP) is 2.36. The molecule has 0 bridgehead atoms. The maximum atomic E-state index is 11.2. The molecule has 1 aromatic carbocycles. The van der Waals surface area contributed by atoms with E-state index in [1.54, 1.807) is 31.2 Å². The van der Waals surface area contributed by atoms with Crippen molar-refractivity contribution in [3.63, 3.8) is 0 Å². The molecule has 0 fully saturated rings. The minimum atomic E-state index is -0.571. The minimum absolute atomic E-state index is 0.283. The highest BCUT2D eigenvalue weighted by Crippen LogP contribution is 2.28. The first-order valence-electron chi connectivity index (χ1n) is 5.97. The highest BCUT2D eigenvalue weighted by atomic mass is 16.6. The van der Waals surface area contributed by atoms with Gasteiger partial charge in [-0.15, -0.1) is 0 Å². The van der Waals surface area contributed by atoms with Gasteiger partial charge in [0.25, 0.3) is 0 Å². The lowest BCUT2D eigenvalue weighted by Crippen LogP contribution is -2.04. The number of ether oxygens (including phenoxy) is 3. The molecule has 0 aliphatic rings. The number of benzene rings is 1. The quantitative estimate of drug-likeness (QED) is 0.453. The number of hydrogen-bond donors (Lipinski definition) is 0. The zero-order valence-corrected chi connectivity index (χ0v) is 11.4. The smallest absolute Gasteiger partial charge is 0.335 e. The van der Waals surface area contributed by atoms with Crippen molar-refractivity contribution in [2.45, 2.75) is 6.92 Å². The fourth-order valence-corrected chi connectivity index (χ4v) is 1.38. The molecule has 0 aliphatic carbocycles. The maximum Gasteiger partial charge on any atom is 0.335 e. The number of carbonyl (C=O) groups excluding carboxylic acids is 2. The van der Waals surface area contributed by atoms with Crippen LogP contribution < -0.4 is 9.47 Å². The van der Waals surface area contributed by atoms with Crippen LogP contribution in [0.4, 0.5) is 0 Å². The molecular formula is C15H16O5. The van der Waals surface area contributed by atoms with Crippen molar-refractivity contribution in [2.75, 3.05) is 13.7 Å². The summed E-state index contributed by atoms with van der Waals surface area (Å²) < 4.78 is 14.9. The SMILES string of the molecule is C=CC(=O)Oc1ccc(/C=C/C(=O)OCC)cc1OC. The molecule has 1 aromatic rings. The van der Waals surface area contributed by atoms with E-state index in [0.717, 1.165) is 6.08 Å². The molecule has 1 rings (SSSR count). The fraction of sp³-hybridized carbons (Fsp3) is 0.200. The van der Waals surface area contributed by atoms with Crippen molar-refractivity contribution in [1.29, 1.82) is 0 Å². The van der Waals surface area contributed by atoms with Gasteiger partial charge in [-0.25, -0.2) is 9.59 Å². The Morgan fingerprint density at radius 3 is 2.60 bits per heavy atom. The summed E-state index contributed by atoms with van der Waals surface area (Å²) in [5, 5.41) is 0. The Morgan fingerprint density at radius 1 is 1.25 bits per heavy atom. The molecule has 5 nitrogen and oxygen atoms in total. The van der Waals surface area contributed by atoms with Crippen LogP contribution in [-0.4, -0.2) is 25.7 Å². The van der Waals surface area contributed by atoms with Crippen molar-refractivity contribution < 1.29 is 23.8 Å². The molecule has 5 heteroatoms. The van der Waals surface area contributed by atoms with Gasteiger partial charge in [-0.1, -0.05) is 12.6 Å². The summed E-state index contributed by atoms with van der Waals surface area (Å²) in [5.74, 6) is -0.330. The Hall–Kier alpha value is -2.56. The summed E-state index contributed by atoms with van der Waals surface area (Å²) in [6.07, 6.45) is 3.96. The summed E-state index contributed by atoms with van der Waals surface area (Å²) in [6, 6.07) is 4.90. The lowest BCUT2D eigenvalue weighted by molar-refractivity contribution is -0.137. The van der Waals surface area contributed by atoms with Gasteiger partial charge in [-0.2, -0.15) is 0 Å². The third-order valence-corrected chi connectivity index (χ3v) is 2.26. The van der Waals surface area contributed by atoms with Crippen LogP contribution in [0, 0.1) is 0 Å². The van der Waals surface area contributed by atoms with Gasteiger partial charge in [0, 0.05) is 12.2 Å². The van der Waals surface area contributed by atoms with E-state index in [2.05, 4.69) is 6.58 Å². The van der Waals surface area contributed by atoms with Crippen molar-refractivity contribution in [3.8, 4) is 11.5 Å². The molecule has 0 radical (unpaired) electrons. The van der Waals surface area contributed by atoms with Crippen molar-refractivity contribution in [2.24, 2.45) is 0 Å². The predicted molar refractivity (Wildman–Crippen MR) is 74.5 cm³/mol. The van der Waals surface area contributed by atoms with Crippen LogP contribution in [0.2, 0.25) is 0 Å². The van der Waals surface area contributed by atoms with Crippen molar-refractivity contribution >= 4 is 18.0 Å². The van der Waals surface area contributed by atoms with E-state index in [9.17, 15) is 9.59 Å². The summed E-state index contributed by atoms with van der Waals surface area (Å²) in [7, 11) is 1.46. The number of esters is 2. The van der Waals surface area contributed by atoms with Gasteiger partial charge >= 0.3 is 11.9 Å². The normalized spacial score (nSPS) is 10.1. The van der Waals surface area contributed by atoms with E-state index in [0.29, 0.717) is 17.9 Å². The molecule has 106 valence electrons. The molecule has 20 heavy (non-hydrogen) atoms. The Labute approximate surface area is 117 Å². The fourth-order valence-electron chi connectivity index (χ4n) is 1.38. The molecule has 0 N–H and O–H groups in total. The van der Waals surface area contributed by atoms with Crippen molar-refractivity contribution in [1.82, 2.24) is 0 Å².